The summed E-state index contributed by atoms with van der Waals surface area (Å²) in [4.78, 5) is 14.8. The van der Waals surface area contributed by atoms with Gasteiger partial charge in [0.2, 0.25) is 0 Å². The Balaban J connectivity index is 1.21. The lowest BCUT2D eigenvalue weighted by molar-refractivity contribution is 0.215. The molecule has 164 valence electrons. The highest BCUT2D eigenvalue weighted by Crippen LogP contribution is 2.32. The van der Waals surface area contributed by atoms with Gasteiger partial charge in [0.05, 0.1) is 0 Å². The molecule has 5 heteroatoms. The first-order chi connectivity index (χ1) is 16.2. The minimum absolute atomic E-state index is 0.532. The van der Waals surface area contributed by atoms with Gasteiger partial charge in [-0.2, -0.15) is 0 Å². The van der Waals surface area contributed by atoms with Crippen LogP contribution >= 0.6 is 0 Å². The molecule has 0 unspecified atom stereocenters. The number of hydrogen-bond acceptors (Lipinski definition) is 4. The van der Waals surface area contributed by atoms with Crippen LogP contribution < -0.4 is 19.7 Å². The van der Waals surface area contributed by atoms with Crippen molar-refractivity contribution in [2.75, 3.05) is 16.8 Å². The summed E-state index contributed by atoms with van der Waals surface area (Å²) in [6.45, 7) is 1.82. The summed E-state index contributed by atoms with van der Waals surface area (Å²) in [5, 5.41) is 2.77. The summed E-state index contributed by atoms with van der Waals surface area (Å²) >= 11 is 0. The molecule has 33 heavy (non-hydrogen) atoms. The van der Waals surface area contributed by atoms with Crippen molar-refractivity contribution < 1.29 is 14.3 Å². The van der Waals surface area contributed by atoms with Gasteiger partial charge in [0.1, 0.15) is 17.2 Å². The summed E-state index contributed by atoms with van der Waals surface area (Å²) < 4.78 is 11.4. The zero-order valence-electron chi connectivity index (χ0n) is 18.1. The summed E-state index contributed by atoms with van der Waals surface area (Å²) in [7, 11) is 0. The fourth-order valence-electron chi connectivity index (χ4n) is 3.99. The molecule has 1 amide bonds. The van der Waals surface area contributed by atoms with E-state index in [1.54, 1.807) is 12.1 Å². The third-order valence-electron chi connectivity index (χ3n) is 5.53. The summed E-state index contributed by atoms with van der Waals surface area (Å²) in [5.74, 6) is 1.90. The van der Waals surface area contributed by atoms with Crippen LogP contribution in [0.4, 0.5) is 16.2 Å². The SMILES string of the molecule is O=C(Nc1cccc(Oc2ccccc2)c1)Oc1ccc2c(c1)CCN2Cc1ccccc1. The topological polar surface area (TPSA) is 50.8 Å². The Bertz CT molecular complexity index is 1240. The number of rotatable bonds is 6. The lowest BCUT2D eigenvalue weighted by Gasteiger charge is -2.19. The number of anilines is 2. The van der Waals surface area contributed by atoms with Crippen LogP contribution in [0.15, 0.2) is 103 Å². The van der Waals surface area contributed by atoms with Gasteiger partial charge in [-0.1, -0.05) is 54.6 Å². The highest BCUT2D eigenvalue weighted by Gasteiger charge is 2.20. The minimum atomic E-state index is -0.536. The number of nitrogens with one attached hydrogen (secondary N) is 1. The predicted molar refractivity (Wildman–Crippen MR) is 130 cm³/mol. The smallest absolute Gasteiger partial charge is 0.417 e. The second-order valence-corrected chi connectivity index (χ2v) is 7.91. The first kappa shape index (κ1) is 20.6. The highest BCUT2D eigenvalue weighted by molar-refractivity contribution is 5.86. The van der Waals surface area contributed by atoms with Gasteiger partial charge in [-0.25, -0.2) is 4.79 Å². The molecule has 0 radical (unpaired) electrons. The molecule has 1 N–H and O–H groups in total. The van der Waals surface area contributed by atoms with Gasteiger partial charge in [-0.05, 0) is 60.0 Å². The molecule has 0 atom stereocenters. The number of nitrogens with zero attached hydrogens (tertiary/aromatic N) is 1. The summed E-state index contributed by atoms with van der Waals surface area (Å²) in [6.07, 6.45) is 0.394. The quantitative estimate of drug-likeness (QED) is 0.368. The molecule has 4 aromatic rings. The number of ether oxygens (including phenoxy) is 2. The van der Waals surface area contributed by atoms with Crippen molar-refractivity contribution in [3.05, 3.63) is 114 Å². The maximum atomic E-state index is 12.5. The van der Waals surface area contributed by atoms with Crippen LogP contribution in [0.3, 0.4) is 0 Å². The summed E-state index contributed by atoms with van der Waals surface area (Å²) in [5.41, 5.74) is 4.26. The average Bonchev–Trinajstić information content (AvgIpc) is 3.22. The average molecular weight is 437 g/mol. The number of carbonyl (C=O) groups excluding carboxylic acids is 1. The number of amides is 1. The molecule has 0 fully saturated rings. The van der Waals surface area contributed by atoms with E-state index in [-0.39, 0.29) is 0 Å². The Kier molecular flexibility index (Phi) is 5.93. The Labute approximate surface area is 193 Å². The van der Waals surface area contributed by atoms with Crippen LogP contribution in [0, 0.1) is 0 Å². The molecular weight excluding hydrogens is 412 g/mol. The maximum absolute atomic E-state index is 12.5. The largest absolute Gasteiger partial charge is 0.457 e. The third-order valence-corrected chi connectivity index (χ3v) is 5.53. The number of para-hydroxylation sites is 1. The minimum Gasteiger partial charge on any atom is -0.457 e. The Morgan fingerprint density at radius 2 is 1.55 bits per heavy atom. The molecule has 5 rings (SSSR count). The number of carbonyl (C=O) groups is 1. The fourth-order valence-corrected chi connectivity index (χ4v) is 3.99. The zero-order chi connectivity index (χ0) is 22.5. The van der Waals surface area contributed by atoms with Crippen LogP contribution in [0.1, 0.15) is 11.1 Å². The van der Waals surface area contributed by atoms with E-state index in [0.29, 0.717) is 17.2 Å². The van der Waals surface area contributed by atoms with Gasteiger partial charge in [-0.15, -0.1) is 0 Å². The van der Waals surface area contributed by atoms with E-state index in [1.807, 2.05) is 66.7 Å². The molecule has 0 saturated heterocycles. The van der Waals surface area contributed by atoms with Crippen molar-refractivity contribution in [2.45, 2.75) is 13.0 Å². The van der Waals surface area contributed by atoms with E-state index < -0.39 is 6.09 Å². The molecule has 0 saturated carbocycles. The fraction of sp³-hybridized carbons (Fsp3) is 0.107. The number of fused-ring (bicyclic) bond motifs is 1. The van der Waals surface area contributed by atoms with Gasteiger partial charge < -0.3 is 14.4 Å². The van der Waals surface area contributed by atoms with E-state index >= 15 is 0 Å². The monoisotopic (exact) mass is 436 g/mol. The molecule has 1 heterocycles. The first-order valence-electron chi connectivity index (χ1n) is 11.0. The number of hydrogen-bond donors (Lipinski definition) is 1. The molecule has 5 nitrogen and oxygen atoms in total. The van der Waals surface area contributed by atoms with Crippen LogP contribution in [-0.2, 0) is 13.0 Å². The Hall–Kier alpha value is -4.25. The van der Waals surface area contributed by atoms with Crippen molar-refractivity contribution in [3.8, 4) is 17.2 Å². The predicted octanol–water partition coefficient (Wildman–Crippen LogP) is 6.65. The van der Waals surface area contributed by atoms with Crippen LogP contribution in [0.5, 0.6) is 17.2 Å². The summed E-state index contributed by atoms with van der Waals surface area (Å²) in [6, 6.07) is 33.0. The molecule has 1 aliphatic heterocycles. The van der Waals surface area contributed by atoms with E-state index in [0.717, 1.165) is 25.3 Å². The molecule has 1 aliphatic rings. The van der Waals surface area contributed by atoms with Gasteiger partial charge in [0.15, 0.2) is 0 Å². The van der Waals surface area contributed by atoms with Crippen molar-refractivity contribution in [1.29, 1.82) is 0 Å². The molecule has 0 spiro atoms. The van der Waals surface area contributed by atoms with Crippen molar-refractivity contribution >= 4 is 17.5 Å². The highest BCUT2D eigenvalue weighted by atomic mass is 16.6. The van der Waals surface area contributed by atoms with Crippen LogP contribution in [0.25, 0.3) is 0 Å². The normalized spacial score (nSPS) is 12.2. The van der Waals surface area contributed by atoms with E-state index in [1.165, 1.54) is 16.8 Å². The second kappa shape index (κ2) is 9.49. The van der Waals surface area contributed by atoms with Crippen LogP contribution in [0.2, 0.25) is 0 Å². The second-order valence-electron chi connectivity index (χ2n) is 7.91. The van der Waals surface area contributed by atoms with Crippen LogP contribution in [-0.4, -0.2) is 12.6 Å². The lowest BCUT2D eigenvalue weighted by atomic mass is 10.1. The molecule has 0 aromatic heterocycles. The van der Waals surface area contributed by atoms with E-state index in [9.17, 15) is 4.79 Å². The standard InChI is InChI=1S/C28H24N2O3/c31-28(29-23-10-7-13-25(19-23)32-24-11-5-2-6-12-24)33-26-14-15-27-22(18-26)16-17-30(27)20-21-8-3-1-4-9-21/h1-15,18-19H,16-17,20H2,(H,29,31). The van der Waals surface area contributed by atoms with Gasteiger partial charge in [0.25, 0.3) is 0 Å². The molecule has 0 bridgehead atoms. The van der Waals surface area contributed by atoms with Crippen molar-refractivity contribution in [1.82, 2.24) is 0 Å². The first-order valence-corrected chi connectivity index (χ1v) is 11.0. The molecular formula is C28H24N2O3. The van der Waals surface area contributed by atoms with Gasteiger partial charge in [0, 0.05) is 30.5 Å². The maximum Gasteiger partial charge on any atom is 0.417 e. The third kappa shape index (κ3) is 5.15. The lowest BCUT2D eigenvalue weighted by Crippen LogP contribution is -2.19. The van der Waals surface area contributed by atoms with Crippen molar-refractivity contribution in [3.63, 3.8) is 0 Å². The zero-order valence-corrected chi connectivity index (χ0v) is 18.1. The van der Waals surface area contributed by atoms with E-state index in [4.69, 9.17) is 9.47 Å². The molecule has 4 aromatic carbocycles. The van der Waals surface area contributed by atoms with E-state index in [2.05, 4.69) is 34.5 Å². The Morgan fingerprint density at radius 1 is 0.788 bits per heavy atom. The number of benzene rings is 4. The van der Waals surface area contributed by atoms with Crippen molar-refractivity contribution in [2.24, 2.45) is 0 Å². The molecule has 0 aliphatic carbocycles. The Morgan fingerprint density at radius 3 is 2.36 bits per heavy atom. The van der Waals surface area contributed by atoms with Gasteiger partial charge >= 0.3 is 6.09 Å². The van der Waals surface area contributed by atoms with Gasteiger partial charge in [-0.3, -0.25) is 5.32 Å².